The molecule has 5 nitrogen and oxygen atoms in total. The quantitative estimate of drug-likeness (QED) is 0.362. The van der Waals surface area contributed by atoms with Crippen LogP contribution in [0.5, 0.6) is 0 Å². The van der Waals surface area contributed by atoms with Crippen LogP contribution in [0.2, 0.25) is 5.02 Å². The maximum Gasteiger partial charge on any atom is 0.161 e. The van der Waals surface area contributed by atoms with Crippen LogP contribution in [-0.4, -0.2) is 52.7 Å². The van der Waals surface area contributed by atoms with Gasteiger partial charge in [-0.2, -0.15) is 0 Å². The third-order valence-electron chi connectivity index (χ3n) is 6.84. The molecule has 0 amide bonds. The second kappa shape index (κ2) is 11.2. The molecule has 1 aliphatic rings. The number of halogens is 1. The number of β-amino-alcohol motifs (C(OH)–C–C–N with tert-alkyl or cyclic N) is 1. The summed E-state index contributed by atoms with van der Waals surface area (Å²) in [5.74, 6) is 1.72. The molecule has 3 aromatic carbocycles. The van der Waals surface area contributed by atoms with Crippen LogP contribution in [0.25, 0.3) is 11.4 Å². The predicted molar refractivity (Wildman–Crippen MR) is 147 cm³/mol. The normalized spacial score (nSPS) is 15.1. The summed E-state index contributed by atoms with van der Waals surface area (Å²) in [4.78, 5) is 14.7. The summed E-state index contributed by atoms with van der Waals surface area (Å²) >= 11 is 6.53. The second-order valence-corrected chi connectivity index (χ2v) is 9.69. The topological polar surface area (TPSA) is 52.5 Å². The SMILES string of the molecule is Cc1nc(-c2ccccc2)nc(N2CCN(CC(O)c3ccccc3)CC2)c1Cc1ccccc1Cl. The number of aromatic nitrogens is 2. The number of piperazine rings is 1. The molecule has 0 aliphatic carbocycles. The minimum atomic E-state index is -0.487. The van der Waals surface area contributed by atoms with Gasteiger partial charge in [0.1, 0.15) is 5.82 Å². The second-order valence-electron chi connectivity index (χ2n) is 9.28. The van der Waals surface area contributed by atoms with Crippen molar-refractivity contribution in [1.82, 2.24) is 14.9 Å². The molecule has 0 radical (unpaired) electrons. The molecule has 1 saturated heterocycles. The van der Waals surface area contributed by atoms with Gasteiger partial charge in [0.15, 0.2) is 5.82 Å². The number of aryl methyl sites for hydroxylation is 1. The number of hydrogen-bond donors (Lipinski definition) is 1. The largest absolute Gasteiger partial charge is 0.387 e. The Morgan fingerprint density at radius 1 is 0.833 bits per heavy atom. The molecule has 1 atom stereocenters. The predicted octanol–water partition coefficient (Wildman–Crippen LogP) is 5.55. The third-order valence-corrected chi connectivity index (χ3v) is 7.21. The van der Waals surface area contributed by atoms with E-state index in [1.807, 2.05) is 66.7 Å². The molecule has 0 bridgehead atoms. The van der Waals surface area contributed by atoms with E-state index in [0.29, 0.717) is 13.0 Å². The maximum atomic E-state index is 10.7. The van der Waals surface area contributed by atoms with E-state index in [2.05, 4.69) is 34.9 Å². The highest BCUT2D eigenvalue weighted by Gasteiger charge is 2.25. The first kappa shape index (κ1) is 24.4. The van der Waals surface area contributed by atoms with E-state index in [1.54, 1.807) is 0 Å². The minimum absolute atomic E-state index is 0.487. The fourth-order valence-electron chi connectivity index (χ4n) is 4.77. The number of anilines is 1. The van der Waals surface area contributed by atoms with Gasteiger partial charge in [0.2, 0.25) is 0 Å². The lowest BCUT2D eigenvalue weighted by Gasteiger charge is -2.37. The zero-order valence-electron chi connectivity index (χ0n) is 20.5. The van der Waals surface area contributed by atoms with Gasteiger partial charge >= 0.3 is 0 Å². The lowest BCUT2D eigenvalue weighted by atomic mass is 10.0. The molecule has 2 heterocycles. The van der Waals surface area contributed by atoms with Gasteiger partial charge in [-0.25, -0.2) is 9.97 Å². The summed E-state index contributed by atoms with van der Waals surface area (Å²) in [7, 11) is 0. The van der Waals surface area contributed by atoms with Crippen LogP contribution < -0.4 is 4.90 Å². The molecular formula is C30H31ClN4O. The van der Waals surface area contributed by atoms with Gasteiger partial charge in [0, 0.05) is 61.0 Å². The van der Waals surface area contributed by atoms with Crippen LogP contribution in [0.3, 0.4) is 0 Å². The van der Waals surface area contributed by atoms with Crippen LogP contribution in [0, 0.1) is 6.92 Å². The van der Waals surface area contributed by atoms with Crippen molar-refractivity contribution in [3.63, 3.8) is 0 Å². The first-order chi connectivity index (χ1) is 17.6. The number of benzene rings is 3. The summed E-state index contributed by atoms with van der Waals surface area (Å²) in [6.07, 6.45) is 0.197. The van der Waals surface area contributed by atoms with Crippen LogP contribution in [-0.2, 0) is 6.42 Å². The Morgan fingerprint density at radius 3 is 2.17 bits per heavy atom. The first-order valence-corrected chi connectivity index (χ1v) is 12.8. The maximum absolute atomic E-state index is 10.7. The van der Waals surface area contributed by atoms with Crippen molar-refractivity contribution in [3.05, 3.63) is 112 Å². The van der Waals surface area contributed by atoms with Crippen molar-refractivity contribution < 1.29 is 5.11 Å². The molecule has 1 unspecified atom stereocenters. The molecule has 1 aromatic heterocycles. The Kier molecular flexibility index (Phi) is 7.61. The average Bonchev–Trinajstić information content (AvgIpc) is 2.92. The number of rotatable bonds is 7. The van der Waals surface area contributed by atoms with Crippen molar-refractivity contribution >= 4 is 17.4 Å². The zero-order chi connectivity index (χ0) is 24.9. The van der Waals surface area contributed by atoms with Gasteiger partial charge in [-0.1, -0.05) is 90.5 Å². The Labute approximate surface area is 218 Å². The van der Waals surface area contributed by atoms with Crippen LogP contribution in [0.4, 0.5) is 5.82 Å². The number of hydrogen-bond acceptors (Lipinski definition) is 5. The van der Waals surface area contributed by atoms with E-state index in [9.17, 15) is 5.11 Å². The highest BCUT2D eigenvalue weighted by molar-refractivity contribution is 6.31. The van der Waals surface area contributed by atoms with Gasteiger partial charge in [0.25, 0.3) is 0 Å². The third kappa shape index (κ3) is 5.59. The van der Waals surface area contributed by atoms with Gasteiger partial charge < -0.3 is 10.0 Å². The molecule has 0 spiro atoms. The van der Waals surface area contributed by atoms with Crippen LogP contribution in [0.15, 0.2) is 84.9 Å². The highest BCUT2D eigenvalue weighted by Crippen LogP contribution is 2.30. The van der Waals surface area contributed by atoms with Gasteiger partial charge in [-0.3, -0.25) is 4.90 Å². The van der Waals surface area contributed by atoms with E-state index in [0.717, 1.165) is 70.8 Å². The lowest BCUT2D eigenvalue weighted by Crippen LogP contribution is -2.48. The minimum Gasteiger partial charge on any atom is -0.387 e. The van der Waals surface area contributed by atoms with Gasteiger partial charge in [0.05, 0.1) is 6.10 Å². The van der Waals surface area contributed by atoms with Gasteiger partial charge in [-0.15, -0.1) is 0 Å². The Bertz CT molecular complexity index is 1290. The monoisotopic (exact) mass is 498 g/mol. The molecule has 1 aliphatic heterocycles. The number of aliphatic hydroxyl groups excluding tert-OH is 1. The first-order valence-electron chi connectivity index (χ1n) is 12.4. The Balaban J connectivity index is 1.40. The molecule has 1 N–H and O–H groups in total. The molecule has 1 fully saturated rings. The fraction of sp³-hybridized carbons (Fsp3) is 0.267. The van der Waals surface area contributed by atoms with Crippen LogP contribution in [0.1, 0.15) is 28.5 Å². The van der Waals surface area contributed by atoms with E-state index < -0.39 is 6.10 Å². The molecular weight excluding hydrogens is 468 g/mol. The van der Waals surface area contributed by atoms with Crippen molar-refractivity contribution in [2.45, 2.75) is 19.4 Å². The van der Waals surface area contributed by atoms with E-state index in [4.69, 9.17) is 21.6 Å². The van der Waals surface area contributed by atoms with E-state index in [-0.39, 0.29) is 0 Å². The van der Waals surface area contributed by atoms with Crippen molar-refractivity contribution in [2.75, 3.05) is 37.6 Å². The Hall–Kier alpha value is -3.25. The number of nitrogens with zero attached hydrogens (tertiary/aromatic N) is 4. The van der Waals surface area contributed by atoms with Crippen molar-refractivity contribution in [2.24, 2.45) is 0 Å². The van der Waals surface area contributed by atoms with Crippen molar-refractivity contribution in [3.8, 4) is 11.4 Å². The van der Waals surface area contributed by atoms with Crippen LogP contribution >= 0.6 is 11.6 Å². The zero-order valence-corrected chi connectivity index (χ0v) is 21.3. The fourth-order valence-corrected chi connectivity index (χ4v) is 4.97. The number of aliphatic hydroxyl groups is 1. The molecule has 6 heteroatoms. The van der Waals surface area contributed by atoms with E-state index >= 15 is 0 Å². The molecule has 36 heavy (non-hydrogen) atoms. The summed E-state index contributed by atoms with van der Waals surface area (Å²) in [5.41, 5.74) is 5.13. The summed E-state index contributed by atoms with van der Waals surface area (Å²) in [5, 5.41) is 11.5. The standard InChI is InChI=1S/C30H31ClN4O/c1-22-26(20-25-14-8-9-15-27(25)31)30(33-29(32-22)24-12-6-3-7-13-24)35-18-16-34(17-19-35)21-28(36)23-10-4-2-5-11-23/h2-15,28,36H,16-21H2,1H3. The summed E-state index contributed by atoms with van der Waals surface area (Å²) < 4.78 is 0. The lowest BCUT2D eigenvalue weighted by molar-refractivity contribution is 0.109. The molecule has 184 valence electrons. The van der Waals surface area contributed by atoms with Crippen molar-refractivity contribution in [1.29, 1.82) is 0 Å². The van der Waals surface area contributed by atoms with E-state index in [1.165, 1.54) is 0 Å². The Morgan fingerprint density at radius 2 is 1.47 bits per heavy atom. The van der Waals surface area contributed by atoms with Gasteiger partial charge in [-0.05, 0) is 24.1 Å². The molecule has 4 aromatic rings. The molecule has 5 rings (SSSR count). The molecule has 0 saturated carbocycles. The smallest absolute Gasteiger partial charge is 0.161 e. The summed E-state index contributed by atoms with van der Waals surface area (Å²) in [6.45, 7) is 6.08. The summed E-state index contributed by atoms with van der Waals surface area (Å²) in [6, 6.07) is 28.0. The average molecular weight is 499 g/mol. The highest BCUT2D eigenvalue weighted by atomic mass is 35.5.